The third kappa shape index (κ3) is 4.96. The zero-order valence-electron chi connectivity index (χ0n) is 16.0. The summed E-state index contributed by atoms with van der Waals surface area (Å²) in [5, 5.41) is 4.17. The molecule has 0 aliphatic carbocycles. The van der Waals surface area contributed by atoms with Crippen LogP contribution in [0.1, 0.15) is 16.1 Å². The lowest BCUT2D eigenvalue weighted by Crippen LogP contribution is -2.12. The maximum Gasteiger partial charge on any atom is 0.416 e. The Kier molecular flexibility index (Phi) is 5.97. The Hall–Kier alpha value is -2.96. The predicted octanol–water partition coefficient (Wildman–Crippen LogP) is 6.79. The number of hydrogen-bond acceptors (Lipinski definition) is 3. The quantitative estimate of drug-likeness (QED) is 0.369. The second-order valence-corrected chi connectivity index (χ2v) is 7.98. The topological polar surface area (TPSA) is 24.9 Å². The standard InChI is InChI=1S/C24H19F3N2S/c25-24(26,27)21-12-6-17(7-13-21)14-28-16-23-29-15-22(30-23)20-10-8-19(9-11-20)18-4-2-1-3-5-18/h1-13,15,28H,14,16H2. The summed E-state index contributed by atoms with van der Waals surface area (Å²) in [6.07, 6.45) is -2.44. The van der Waals surface area contributed by atoms with Crippen molar-refractivity contribution in [1.29, 1.82) is 0 Å². The molecule has 0 radical (unpaired) electrons. The molecule has 1 aromatic heterocycles. The van der Waals surface area contributed by atoms with E-state index in [1.165, 1.54) is 23.3 Å². The molecule has 152 valence electrons. The summed E-state index contributed by atoms with van der Waals surface area (Å²) in [4.78, 5) is 5.54. The Morgan fingerprint density at radius 1 is 0.733 bits per heavy atom. The largest absolute Gasteiger partial charge is 0.416 e. The van der Waals surface area contributed by atoms with Gasteiger partial charge in [-0.25, -0.2) is 4.98 Å². The first-order valence-corrected chi connectivity index (χ1v) is 10.3. The number of aromatic nitrogens is 1. The van der Waals surface area contributed by atoms with Gasteiger partial charge in [0.1, 0.15) is 5.01 Å². The molecule has 0 saturated heterocycles. The van der Waals surface area contributed by atoms with Gasteiger partial charge in [-0.15, -0.1) is 11.3 Å². The van der Waals surface area contributed by atoms with Crippen LogP contribution < -0.4 is 5.32 Å². The van der Waals surface area contributed by atoms with Crippen LogP contribution in [0.25, 0.3) is 21.6 Å². The summed E-state index contributed by atoms with van der Waals surface area (Å²) in [6, 6.07) is 23.8. The molecule has 30 heavy (non-hydrogen) atoms. The van der Waals surface area contributed by atoms with Gasteiger partial charge in [0.05, 0.1) is 10.4 Å². The molecule has 0 saturated carbocycles. The molecule has 0 fully saturated rings. The molecule has 1 heterocycles. The van der Waals surface area contributed by atoms with Crippen LogP contribution in [0.5, 0.6) is 0 Å². The number of rotatable bonds is 6. The van der Waals surface area contributed by atoms with Crippen LogP contribution in [0.4, 0.5) is 13.2 Å². The summed E-state index contributed by atoms with van der Waals surface area (Å²) in [5.74, 6) is 0. The minimum Gasteiger partial charge on any atom is -0.306 e. The SMILES string of the molecule is FC(F)(F)c1ccc(CNCc2ncc(-c3ccc(-c4ccccc4)cc3)s2)cc1. The Morgan fingerprint density at radius 3 is 2.03 bits per heavy atom. The number of thiazole rings is 1. The highest BCUT2D eigenvalue weighted by Gasteiger charge is 2.29. The van der Waals surface area contributed by atoms with Gasteiger partial charge in [-0.05, 0) is 34.4 Å². The summed E-state index contributed by atoms with van der Waals surface area (Å²) in [5.41, 5.74) is 3.63. The zero-order valence-corrected chi connectivity index (χ0v) is 16.8. The number of nitrogens with one attached hydrogen (secondary N) is 1. The van der Waals surface area contributed by atoms with Crippen molar-refractivity contribution in [2.24, 2.45) is 0 Å². The normalized spacial score (nSPS) is 11.6. The van der Waals surface area contributed by atoms with Crippen molar-refractivity contribution in [3.8, 4) is 21.6 Å². The molecule has 0 aliphatic heterocycles. The monoisotopic (exact) mass is 424 g/mol. The molecule has 0 amide bonds. The minimum atomic E-state index is -4.30. The summed E-state index contributed by atoms with van der Waals surface area (Å²) < 4.78 is 37.9. The van der Waals surface area contributed by atoms with Gasteiger partial charge >= 0.3 is 6.18 Å². The first-order valence-electron chi connectivity index (χ1n) is 9.46. The van der Waals surface area contributed by atoms with Gasteiger partial charge in [-0.1, -0.05) is 66.7 Å². The van der Waals surface area contributed by atoms with Gasteiger partial charge in [-0.3, -0.25) is 0 Å². The van der Waals surface area contributed by atoms with E-state index < -0.39 is 11.7 Å². The van der Waals surface area contributed by atoms with E-state index in [0.717, 1.165) is 33.1 Å². The number of hydrogen-bond donors (Lipinski definition) is 1. The van der Waals surface area contributed by atoms with Crippen LogP contribution in [0.2, 0.25) is 0 Å². The molecule has 2 nitrogen and oxygen atoms in total. The molecule has 6 heteroatoms. The Labute approximate surface area is 177 Å². The minimum absolute atomic E-state index is 0.485. The molecular weight excluding hydrogens is 405 g/mol. The van der Waals surface area contributed by atoms with E-state index in [-0.39, 0.29) is 0 Å². The number of alkyl halides is 3. The van der Waals surface area contributed by atoms with Gasteiger partial charge in [-0.2, -0.15) is 13.2 Å². The molecule has 0 unspecified atom stereocenters. The lowest BCUT2D eigenvalue weighted by molar-refractivity contribution is -0.137. The fraction of sp³-hybridized carbons (Fsp3) is 0.125. The predicted molar refractivity (Wildman–Crippen MR) is 115 cm³/mol. The lowest BCUT2D eigenvalue weighted by atomic mass is 10.0. The van der Waals surface area contributed by atoms with Crippen molar-refractivity contribution in [2.75, 3.05) is 0 Å². The summed E-state index contributed by atoms with van der Waals surface area (Å²) in [7, 11) is 0. The van der Waals surface area contributed by atoms with Crippen molar-refractivity contribution in [3.63, 3.8) is 0 Å². The maximum atomic E-state index is 12.6. The maximum absolute atomic E-state index is 12.6. The van der Waals surface area contributed by atoms with Crippen molar-refractivity contribution in [3.05, 3.63) is 101 Å². The van der Waals surface area contributed by atoms with E-state index in [2.05, 4.69) is 46.7 Å². The molecule has 4 rings (SSSR count). The van der Waals surface area contributed by atoms with Gasteiger partial charge in [0.2, 0.25) is 0 Å². The highest BCUT2D eigenvalue weighted by atomic mass is 32.1. The molecule has 1 N–H and O–H groups in total. The Balaban J connectivity index is 1.34. The van der Waals surface area contributed by atoms with Crippen molar-refractivity contribution in [2.45, 2.75) is 19.3 Å². The second kappa shape index (κ2) is 8.81. The van der Waals surface area contributed by atoms with Crippen molar-refractivity contribution >= 4 is 11.3 Å². The van der Waals surface area contributed by atoms with Gasteiger partial charge < -0.3 is 5.32 Å². The average molecular weight is 424 g/mol. The fourth-order valence-corrected chi connectivity index (χ4v) is 4.00. The summed E-state index contributed by atoms with van der Waals surface area (Å²) in [6.45, 7) is 1.05. The van der Waals surface area contributed by atoms with Crippen molar-refractivity contribution < 1.29 is 13.2 Å². The Bertz CT molecular complexity index is 1090. The van der Waals surface area contributed by atoms with Crippen LogP contribution in [0, 0.1) is 0 Å². The molecule has 0 bridgehead atoms. The molecule has 3 aromatic carbocycles. The van der Waals surface area contributed by atoms with E-state index in [4.69, 9.17) is 0 Å². The van der Waals surface area contributed by atoms with Crippen LogP contribution in [0.3, 0.4) is 0 Å². The molecule has 4 aromatic rings. The number of nitrogens with zero attached hydrogens (tertiary/aromatic N) is 1. The summed E-state index contributed by atoms with van der Waals surface area (Å²) >= 11 is 1.61. The van der Waals surface area contributed by atoms with Crippen molar-refractivity contribution in [1.82, 2.24) is 10.3 Å². The highest BCUT2D eigenvalue weighted by molar-refractivity contribution is 7.15. The molecule has 0 atom stereocenters. The third-order valence-corrected chi connectivity index (χ3v) is 5.76. The molecule has 0 spiro atoms. The smallest absolute Gasteiger partial charge is 0.306 e. The van der Waals surface area contributed by atoms with Crippen LogP contribution in [0.15, 0.2) is 85.1 Å². The number of halogens is 3. The van der Waals surface area contributed by atoms with Gasteiger partial charge in [0.25, 0.3) is 0 Å². The van der Waals surface area contributed by atoms with E-state index in [1.807, 2.05) is 24.4 Å². The zero-order chi connectivity index (χ0) is 21.0. The first kappa shape index (κ1) is 20.3. The van der Waals surface area contributed by atoms with Crippen LogP contribution >= 0.6 is 11.3 Å². The third-order valence-electron chi connectivity index (χ3n) is 4.72. The first-order chi connectivity index (χ1) is 14.5. The van der Waals surface area contributed by atoms with Crippen LogP contribution in [-0.4, -0.2) is 4.98 Å². The van der Waals surface area contributed by atoms with E-state index in [9.17, 15) is 13.2 Å². The van der Waals surface area contributed by atoms with Gasteiger partial charge in [0.15, 0.2) is 0 Å². The second-order valence-electron chi connectivity index (χ2n) is 6.86. The Morgan fingerprint density at radius 2 is 1.37 bits per heavy atom. The fourth-order valence-electron chi connectivity index (χ4n) is 3.11. The highest BCUT2D eigenvalue weighted by Crippen LogP contribution is 2.30. The van der Waals surface area contributed by atoms with E-state index >= 15 is 0 Å². The molecule has 0 aliphatic rings. The van der Waals surface area contributed by atoms with E-state index in [1.54, 1.807) is 11.3 Å². The molecular formula is C24H19F3N2S. The van der Waals surface area contributed by atoms with E-state index in [0.29, 0.717) is 13.1 Å². The number of benzene rings is 3. The van der Waals surface area contributed by atoms with Crippen LogP contribution in [-0.2, 0) is 19.3 Å². The van der Waals surface area contributed by atoms with Gasteiger partial charge in [0, 0.05) is 19.3 Å². The average Bonchev–Trinajstić information content (AvgIpc) is 3.23. The lowest BCUT2D eigenvalue weighted by Gasteiger charge is -2.08.